The average Bonchev–Trinajstić information content (AvgIpc) is 3.30. The molecule has 3 aromatic rings. The Morgan fingerprint density at radius 1 is 0.935 bits per heavy atom. The third kappa shape index (κ3) is 3.10. The number of hydrogen-bond acceptors (Lipinski definition) is 4. The number of thiazole rings is 1. The first-order chi connectivity index (χ1) is 14.4. The molecule has 2 heterocycles. The second-order valence-corrected chi connectivity index (χ2v) is 9.57. The number of aromatic nitrogens is 1. The van der Waals surface area contributed by atoms with Crippen molar-refractivity contribution >= 4 is 45.4 Å². The number of methoxy groups -OCH3 is 1. The van der Waals surface area contributed by atoms with Gasteiger partial charge in [-0.25, -0.2) is 4.98 Å². The number of nitrogens with zero attached hydrogens (tertiary/aromatic N) is 1. The van der Waals surface area contributed by atoms with Gasteiger partial charge < -0.3 is 4.74 Å². The molecule has 164 valence electrons. The molecule has 11 heteroatoms. The van der Waals surface area contributed by atoms with Crippen molar-refractivity contribution in [3.05, 3.63) is 56.9 Å². The summed E-state index contributed by atoms with van der Waals surface area (Å²) in [4.78, 5) is 4.13. The lowest BCUT2D eigenvalue weighted by atomic mass is 9.98. The van der Waals surface area contributed by atoms with E-state index in [0.29, 0.717) is 5.56 Å². The molecule has 0 amide bonds. The van der Waals surface area contributed by atoms with Gasteiger partial charge in [-0.05, 0) is 18.6 Å². The standard InChI is InChI=1S/C20H12ClF6NOS2/c1-9-11(8-12(21)30-9)13-14(19(24,25)20(26,27)18(13,22)23)15-17(29-2)31-16(28-15)10-6-4-3-5-7-10/h3-8H,1-2H3. The molecular weight excluding hydrogens is 484 g/mol. The minimum absolute atomic E-state index is 0.00361. The SMILES string of the molecule is COc1sc(-c2ccccc2)nc1C1=C(c2cc(Cl)sc2C)C(F)(F)C(F)(F)C1(F)F. The maximum Gasteiger partial charge on any atom is 0.380 e. The molecule has 2 aromatic heterocycles. The Morgan fingerprint density at radius 3 is 2.10 bits per heavy atom. The molecule has 2 nitrogen and oxygen atoms in total. The molecule has 0 saturated carbocycles. The highest BCUT2D eigenvalue weighted by molar-refractivity contribution is 7.17. The predicted molar refractivity (Wildman–Crippen MR) is 110 cm³/mol. The highest BCUT2D eigenvalue weighted by atomic mass is 35.5. The van der Waals surface area contributed by atoms with Gasteiger partial charge in [0, 0.05) is 16.0 Å². The van der Waals surface area contributed by atoms with E-state index in [1.165, 1.54) is 6.92 Å². The van der Waals surface area contributed by atoms with Crippen LogP contribution in [0.15, 0.2) is 36.4 Å². The highest BCUT2D eigenvalue weighted by Gasteiger charge is 2.81. The molecule has 0 radical (unpaired) electrons. The van der Waals surface area contributed by atoms with Gasteiger partial charge in [0.2, 0.25) is 5.06 Å². The summed E-state index contributed by atoms with van der Waals surface area (Å²) in [5, 5.41) is -0.118. The van der Waals surface area contributed by atoms with E-state index >= 15 is 0 Å². The second kappa shape index (κ2) is 7.25. The normalized spacial score (nSPS) is 19.1. The summed E-state index contributed by atoms with van der Waals surface area (Å²) >= 11 is 7.47. The number of allylic oxidation sites excluding steroid dienone is 2. The maximum atomic E-state index is 15.0. The van der Waals surface area contributed by atoms with Crippen molar-refractivity contribution in [2.45, 2.75) is 24.7 Å². The first-order valence-corrected chi connectivity index (χ1v) is 10.7. The molecule has 0 bridgehead atoms. The predicted octanol–water partition coefficient (Wildman–Crippen LogP) is 7.67. The number of benzene rings is 1. The number of ether oxygens (including phenoxy) is 1. The Bertz CT molecular complexity index is 1190. The number of alkyl halides is 6. The molecule has 1 aliphatic rings. The lowest BCUT2D eigenvalue weighted by Gasteiger charge is -2.25. The van der Waals surface area contributed by atoms with E-state index in [1.807, 2.05) is 0 Å². The minimum Gasteiger partial charge on any atom is -0.486 e. The summed E-state index contributed by atoms with van der Waals surface area (Å²) in [6.45, 7) is 1.34. The van der Waals surface area contributed by atoms with E-state index in [4.69, 9.17) is 16.3 Å². The van der Waals surface area contributed by atoms with Crippen molar-refractivity contribution in [2.75, 3.05) is 7.11 Å². The van der Waals surface area contributed by atoms with Crippen LogP contribution in [0.5, 0.6) is 5.06 Å². The van der Waals surface area contributed by atoms with Crippen molar-refractivity contribution in [1.82, 2.24) is 4.98 Å². The van der Waals surface area contributed by atoms with Crippen molar-refractivity contribution < 1.29 is 31.1 Å². The number of hydrogen-bond donors (Lipinski definition) is 0. The van der Waals surface area contributed by atoms with Crippen LogP contribution in [0.3, 0.4) is 0 Å². The van der Waals surface area contributed by atoms with E-state index in [1.54, 1.807) is 30.3 Å². The third-order valence-electron chi connectivity index (χ3n) is 4.86. The van der Waals surface area contributed by atoms with Gasteiger partial charge in [-0.1, -0.05) is 53.3 Å². The lowest BCUT2D eigenvalue weighted by Crippen LogP contribution is -2.49. The number of thiophene rings is 1. The molecule has 0 fully saturated rings. The van der Waals surface area contributed by atoms with Crippen molar-refractivity contribution in [3.8, 4) is 15.6 Å². The van der Waals surface area contributed by atoms with Gasteiger partial charge in [0.25, 0.3) is 0 Å². The van der Waals surface area contributed by atoms with Crippen LogP contribution < -0.4 is 4.74 Å². The van der Waals surface area contributed by atoms with Crippen LogP contribution in [-0.4, -0.2) is 29.9 Å². The Balaban J connectivity index is 2.07. The van der Waals surface area contributed by atoms with Crippen LogP contribution in [0.4, 0.5) is 26.3 Å². The number of aryl methyl sites for hydroxylation is 1. The maximum absolute atomic E-state index is 15.0. The molecule has 0 unspecified atom stereocenters. The molecule has 1 aromatic carbocycles. The van der Waals surface area contributed by atoms with E-state index in [2.05, 4.69) is 4.98 Å². The summed E-state index contributed by atoms with van der Waals surface area (Å²) in [5.41, 5.74) is -3.77. The van der Waals surface area contributed by atoms with Crippen LogP contribution in [0.2, 0.25) is 4.34 Å². The minimum atomic E-state index is -5.67. The quantitative estimate of drug-likeness (QED) is 0.346. The third-order valence-corrected chi connectivity index (χ3v) is 7.11. The molecule has 0 aliphatic heterocycles. The summed E-state index contributed by atoms with van der Waals surface area (Å²) in [5.74, 6) is -16.0. The van der Waals surface area contributed by atoms with E-state index in [0.717, 1.165) is 35.8 Å². The average molecular weight is 496 g/mol. The van der Waals surface area contributed by atoms with E-state index < -0.39 is 40.2 Å². The van der Waals surface area contributed by atoms with Crippen molar-refractivity contribution in [2.24, 2.45) is 0 Å². The fourth-order valence-corrected chi connectivity index (χ4v) is 5.49. The topological polar surface area (TPSA) is 22.1 Å². The number of halogens is 7. The zero-order chi connectivity index (χ0) is 22.8. The van der Waals surface area contributed by atoms with Crippen LogP contribution >= 0.6 is 34.3 Å². The molecule has 0 atom stereocenters. The zero-order valence-electron chi connectivity index (χ0n) is 15.8. The number of rotatable bonds is 4. The molecule has 1 aliphatic carbocycles. The smallest absolute Gasteiger partial charge is 0.380 e. The monoisotopic (exact) mass is 495 g/mol. The fourth-order valence-electron chi connectivity index (χ4n) is 3.40. The molecule has 4 rings (SSSR count). The highest BCUT2D eigenvalue weighted by Crippen LogP contribution is 2.66. The summed E-state index contributed by atoms with van der Waals surface area (Å²) in [7, 11) is 1.13. The van der Waals surface area contributed by atoms with Crippen LogP contribution in [0.25, 0.3) is 21.7 Å². The van der Waals surface area contributed by atoms with Gasteiger partial charge in [-0.3, -0.25) is 0 Å². The van der Waals surface area contributed by atoms with Crippen molar-refractivity contribution in [1.29, 1.82) is 0 Å². The largest absolute Gasteiger partial charge is 0.486 e. The summed E-state index contributed by atoms with van der Waals surface area (Å²) in [6, 6.07) is 9.27. The van der Waals surface area contributed by atoms with Crippen LogP contribution in [0, 0.1) is 6.92 Å². The van der Waals surface area contributed by atoms with Crippen molar-refractivity contribution in [3.63, 3.8) is 0 Å². The van der Waals surface area contributed by atoms with E-state index in [-0.39, 0.29) is 19.3 Å². The van der Waals surface area contributed by atoms with Crippen LogP contribution in [0.1, 0.15) is 16.1 Å². The summed E-state index contributed by atoms with van der Waals surface area (Å²) in [6.07, 6.45) is 0. The van der Waals surface area contributed by atoms with Gasteiger partial charge in [0.05, 0.1) is 17.0 Å². The Hall–Kier alpha value is -2.04. The Morgan fingerprint density at radius 2 is 1.55 bits per heavy atom. The zero-order valence-corrected chi connectivity index (χ0v) is 18.2. The fraction of sp³-hybridized carbons (Fsp3) is 0.250. The van der Waals surface area contributed by atoms with Gasteiger partial charge in [-0.2, -0.15) is 26.3 Å². The molecular formula is C20H12ClF6NOS2. The van der Waals surface area contributed by atoms with Crippen LogP contribution in [-0.2, 0) is 0 Å². The molecule has 0 spiro atoms. The Kier molecular flexibility index (Phi) is 5.18. The van der Waals surface area contributed by atoms with Gasteiger partial charge in [0.1, 0.15) is 10.7 Å². The Labute approximate surface area is 185 Å². The van der Waals surface area contributed by atoms with E-state index in [9.17, 15) is 26.3 Å². The first kappa shape index (κ1) is 22.2. The molecule has 0 saturated heterocycles. The van der Waals surface area contributed by atoms with Gasteiger partial charge >= 0.3 is 17.8 Å². The molecule has 0 N–H and O–H groups in total. The second-order valence-electron chi connectivity index (χ2n) is 6.72. The summed E-state index contributed by atoms with van der Waals surface area (Å²) < 4.78 is 93.6. The lowest BCUT2D eigenvalue weighted by molar-refractivity contribution is -0.254. The first-order valence-electron chi connectivity index (χ1n) is 8.69. The molecule has 31 heavy (non-hydrogen) atoms. The van der Waals surface area contributed by atoms with Gasteiger partial charge in [0.15, 0.2) is 0 Å². The van der Waals surface area contributed by atoms with Gasteiger partial charge in [-0.15, -0.1) is 11.3 Å².